The molecule has 0 radical (unpaired) electrons. The third kappa shape index (κ3) is 10.9. The van der Waals surface area contributed by atoms with Gasteiger partial charge in [-0.1, -0.05) is 44.2 Å². The number of aliphatic imine (C=N–C) groups is 1. The van der Waals surface area contributed by atoms with E-state index < -0.39 is 0 Å². The third-order valence-electron chi connectivity index (χ3n) is 4.07. The molecular weight excluding hydrogens is 330 g/mol. The average molecular weight is 366 g/mol. The zero-order chi connectivity index (χ0) is 20.7. The highest BCUT2D eigenvalue weighted by atomic mass is 14.9. The fraction of sp³-hybridized carbons (Fsp3) is 0.417. The van der Waals surface area contributed by atoms with E-state index in [0.717, 1.165) is 19.3 Å². The summed E-state index contributed by atoms with van der Waals surface area (Å²) >= 11 is 0. The fourth-order valence-corrected chi connectivity index (χ4v) is 2.45. The Balaban J connectivity index is 0.000000503. The lowest BCUT2D eigenvalue weighted by atomic mass is 10.1. The molecule has 0 atom stereocenters. The number of nitrogens with zero attached hydrogens (tertiary/aromatic N) is 3. The van der Waals surface area contributed by atoms with Gasteiger partial charge in [0, 0.05) is 36.4 Å². The van der Waals surface area contributed by atoms with E-state index in [0.29, 0.717) is 5.57 Å². The second-order valence-corrected chi connectivity index (χ2v) is 6.54. The van der Waals surface area contributed by atoms with Crippen molar-refractivity contribution in [2.45, 2.75) is 60.3 Å². The summed E-state index contributed by atoms with van der Waals surface area (Å²) < 4.78 is 2.07. The second-order valence-electron chi connectivity index (χ2n) is 6.54. The molecule has 0 aliphatic rings. The molecule has 1 aromatic rings. The molecule has 27 heavy (non-hydrogen) atoms. The van der Waals surface area contributed by atoms with E-state index in [1.54, 1.807) is 6.08 Å². The van der Waals surface area contributed by atoms with E-state index in [1.165, 1.54) is 29.0 Å². The molecule has 1 aromatic heterocycles. The molecule has 0 fully saturated rings. The first-order chi connectivity index (χ1) is 12.9. The standard InChI is InChI=1S/C12H14N2.C12H21N/c1-9(7-13)5-6-12-10(2)8-14(4)11(12)3;1-4-6-7-8-9-11-13-12(3)10-5-2/h5-6,8H,1H2,2-4H3;4,6,9,11H,5,7-8,10H2,1-3H3/b6-5-;6-4-,11-9-,13-12?. The van der Waals surface area contributed by atoms with E-state index in [9.17, 15) is 0 Å². The van der Waals surface area contributed by atoms with Gasteiger partial charge in [0.1, 0.15) is 0 Å². The minimum atomic E-state index is 0.479. The summed E-state index contributed by atoms with van der Waals surface area (Å²) in [5, 5.41) is 8.55. The number of nitriles is 1. The van der Waals surface area contributed by atoms with Crippen LogP contribution >= 0.6 is 0 Å². The maximum atomic E-state index is 8.55. The number of allylic oxidation sites excluding steroid dienone is 5. The summed E-state index contributed by atoms with van der Waals surface area (Å²) in [7, 11) is 2.01. The number of aryl methyl sites for hydroxylation is 2. The minimum Gasteiger partial charge on any atom is -0.354 e. The van der Waals surface area contributed by atoms with Gasteiger partial charge in [0.05, 0.1) is 6.07 Å². The first-order valence-corrected chi connectivity index (χ1v) is 9.56. The van der Waals surface area contributed by atoms with Crippen molar-refractivity contribution < 1.29 is 0 Å². The van der Waals surface area contributed by atoms with Gasteiger partial charge in [0.2, 0.25) is 0 Å². The Morgan fingerprint density at radius 1 is 1.30 bits per heavy atom. The average Bonchev–Trinajstić information content (AvgIpc) is 2.88. The van der Waals surface area contributed by atoms with E-state index >= 15 is 0 Å². The van der Waals surface area contributed by atoms with Gasteiger partial charge in [-0.3, -0.25) is 4.99 Å². The summed E-state index contributed by atoms with van der Waals surface area (Å²) in [5.41, 5.74) is 5.29. The molecule has 0 aromatic carbocycles. The molecular formula is C24H35N3. The first kappa shape index (κ1) is 24.4. The van der Waals surface area contributed by atoms with Crippen molar-refractivity contribution in [1.29, 1.82) is 5.26 Å². The maximum Gasteiger partial charge on any atom is 0.0985 e. The molecule has 1 rings (SSSR count). The van der Waals surface area contributed by atoms with Gasteiger partial charge in [-0.15, -0.1) is 0 Å². The lowest BCUT2D eigenvalue weighted by Gasteiger charge is -1.96. The monoisotopic (exact) mass is 365 g/mol. The zero-order valence-corrected chi connectivity index (χ0v) is 17.9. The number of rotatable bonds is 8. The molecule has 3 nitrogen and oxygen atoms in total. The number of aromatic nitrogens is 1. The van der Waals surface area contributed by atoms with Gasteiger partial charge in [0.25, 0.3) is 0 Å². The van der Waals surface area contributed by atoms with Crippen molar-refractivity contribution in [2.24, 2.45) is 12.0 Å². The Bertz CT molecular complexity index is 734. The molecule has 0 unspecified atom stereocenters. The van der Waals surface area contributed by atoms with Crippen LogP contribution < -0.4 is 0 Å². The van der Waals surface area contributed by atoms with Crippen LogP contribution in [0.2, 0.25) is 0 Å². The quantitative estimate of drug-likeness (QED) is 0.163. The van der Waals surface area contributed by atoms with E-state index in [1.807, 2.05) is 32.3 Å². The van der Waals surface area contributed by atoms with Gasteiger partial charge < -0.3 is 4.57 Å². The zero-order valence-electron chi connectivity index (χ0n) is 17.9. The summed E-state index contributed by atoms with van der Waals surface area (Å²) in [6, 6.07) is 1.99. The number of hydrogen-bond acceptors (Lipinski definition) is 2. The van der Waals surface area contributed by atoms with E-state index in [2.05, 4.69) is 68.3 Å². The topological polar surface area (TPSA) is 41.1 Å². The van der Waals surface area contributed by atoms with Crippen LogP contribution in [-0.4, -0.2) is 10.3 Å². The van der Waals surface area contributed by atoms with Crippen LogP contribution in [-0.2, 0) is 7.05 Å². The Labute approximate surface area is 166 Å². The van der Waals surface area contributed by atoms with E-state index in [-0.39, 0.29) is 0 Å². The van der Waals surface area contributed by atoms with Crippen molar-refractivity contribution in [3.63, 3.8) is 0 Å². The highest BCUT2D eigenvalue weighted by Crippen LogP contribution is 2.17. The molecule has 0 spiro atoms. The van der Waals surface area contributed by atoms with Crippen LogP contribution in [0.1, 0.15) is 63.3 Å². The first-order valence-electron chi connectivity index (χ1n) is 9.56. The lowest BCUT2D eigenvalue weighted by molar-refractivity contribution is 0.879. The van der Waals surface area contributed by atoms with Gasteiger partial charge >= 0.3 is 0 Å². The van der Waals surface area contributed by atoms with Crippen LogP contribution in [0.4, 0.5) is 0 Å². The summed E-state index contributed by atoms with van der Waals surface area (Å²) in [4.78, 5) is 4.32. The predicted molar refractivity (Wildman–Crippen MR) is 120 cm³/mol. The number of hydrogen-bond donors (Lipinski definition) is 0. The molecule has 0 bridgehead atoms. The molecule has 0 saturated carbocycles. The van der Waals surface area contributed by atoms with Crippen LogP contribution in [0.5, 0.6) is 0 Å². The Morgan fingerprint density at radius 3 is 2.48 bits per heavy atom. The van der Waals surface area contributed by atoms with Crippen molar-refractivity contribution in [2.75, 3.05) is 0 Å². The van der Waals surface area contributed by atoms with Crippen molar-refractivity contribution >= 4 is 11.8 Å². The molecule has 146 valence electrons. The molecule has 0 N–H and O–H groups in total. The van der Waals surface area contributed by atoms with Crippen LogP contribution in [0, 0.1) is 25.2 Å². The Morgan fingerprint density at radius 2 is 1.96 bits per heavy atom. The predicted octanol–water partition coefficient (Wildman–Crippen LogP) is 6.85. The number of unbranched alkanes of at least 4 members (excludes halogenated alkanes) is 1. The van der Waals surface area contributed by atoms with Crippen LogP contribution in [0.25, 0.3) is 6.08 Å². The lowest BCUT2D eigenvalue weighted by Crippen LogP contribution is -1.87. The third-order valence-corrected chi connectivity index (χ3v) is 4.07. The largest absolute Gasteiger partial charge is 0.354 e. The van der Waals surface area contributed by atoms with Gasteiger partial charge in [-0.05, 0) is 64.2 Å². The van der Waals surface area contributed by atoms with Crippen molar-refractivity contribution in [3.05, 3.63) is 65.7 Å². The highest BCUT2D eigenvalue weighted by molar-refractivity contribution is 5.82. The van der Waals surface area contributed by atoms with Gasteiger partial charge in [-0.2, -0.15) is 5.26 Å². The molecule has 0 aliphatic heterocycles. The van der Waals surface area contributed by atoms with Gasteiger partial charge in [-0.25, -0.2) is 0 Å². The Kier molecular flexibility index (Phi) is 13.2. The van der Waals surface area contributed by atoms with Crippen molar-refractivity contribution in [3.8, 4) is 6.07 Å². The normalized spacial score (nSPS) is 11.8. The fourth-order valence-electron chi connectivity index (χ4n) is 2.45. The highest BCUT2D eigenvalue weighted by Gasteiger charge is 2.03. The second kappa shape index (κ2) is 14.6. The molecule has 0 aliphatic carbocycles. The minimum absolute atomic E-state index is 0.479. The van der Waals surface area contributed by atoms with Crippen LogP contribution in [0.3, 0.4) is 0 Å². The summed E-state index contributed by atoms with van der Waals surface area (Å²) in [5.74, 6) is 0. The Hall–Kier alpha value is -2.60. The summed E-state index contributed by atoms with van der Waals surface area (Å²) in [6.07, 6.45) is 18.6. The maximum absolute atomic E-state index is 8.55. The molecule has 0 saturated heterocycles. The van der Waals surface area contributed by atoms with E-state index in [4.69, 9.17) is 5.26 Å². The summed E-state index contributed by atoms with van der Waals surface area (Å²) in [6.45, 7) is 14.0. The smallest absolute Gasteiger partial charge is 0.0985 e. The molecule has 0 amide bonds. The molecule has 1 heterocycles. The van der Waals surface area contributed by atoms with Crippen molar-refractivity contribution in [1.82, 2.24) is 4.57 Å². The SMILES string of the molecule is C/C=C\CC/C=C\N=C(C)CCC.C=C(C#N)/C=C\c1c(C)cn(C)c1C. The van der Waals surface area contributed by atoms with Crippen LogP contribution in [0.15, 0.2) is 53.8 Å². The van der Waals surface area contributed by atoms with Gasteiger partial charge in [0.15, 0.2) is 0 Å². The molecule has 3 heteroatoms.